The van der Waals surface area contributed by atoms with Crippen LogP contribution in [0.25, 0.3) is 11.3 Å². The Labute approximate surface area is 123 Å². The zero-order chi connectivity index (χ0) is 15.6. The smallest absolute Gasteiger partial charge is 0.271 e. The lowest BCUT2D eigenvalue weighted by atomic mass is 10.1. The van der Waals surface area contributed by atoms with Gasteiger partial charge < -0.3 is 15.2 Å². The zero-order valence-corrected chi connectivity index (χ0v) is 12.6. The third-order valence-corrected chi connectivity index (χ3v) is 3.26. The number of methoxy groups -OCH3 is 2. The van der Waals surface area contributed by atoms with Crippen LogP contribution in [0, 0.1) is 0 Å². The van der Waals surface area contributed by atoms with E-state index in [9.17, 15) is 4.79 Å². The van der Waals surface area contributed by atoms with E-state index < -0.39 is 0 Å². The number of nitrogens with two attached hydrogens (primary N) is 1. The van der Waals surface area contributed by atoms with Crippen molar-refractivity contribution in [2.45, 2.75) is 13.0 Å². The van der Waals surface area contributed by atoms with Gasteiger partial charge in [-0.15, -0.1) is 0 Å². The number of rotatable bonds is 4. The van der Waals surface area contributed by atoms with Gasteiger partial charge in [0.15, 0.2) is 11.5 Å². The monoisotopic (exact) mass is 289 g/mol. The molecule has 2 rings (SSSR count). The molecule has 1 unspecified atom stereocenters. The van der Waals surface area contributed by atoms with Gasteiger partial charge in [-0.3, -0.25) is 4.79 Å². The number of aryl methyl sites for hydroxylation is 1. The minimum Gasteiger partial charge on any atom is -0.493 e. The molecule has 1 atom stereocenters. The summed E-state index contributed by atoms with van der Waals surface area (Å²) in [5.74, 6) is 1.24. The van der Waals surface area contributed by atoms with Crippen molar-refractivity contribution >= 4 is 0 Å². The maximum Gasteiger partial charge on any atom is 0.271 e. The standard InChI is InChI=1S/C15H19N3O3/c1-9(16)11-8-12(17-18(2)15(11)19)10-5-6-13(20-3)14(7-10)21-4/h5-9H,16H2,1-4H3. The first kappa shape index (κ1) is 15.1. The average Bonchev–Trinajstić information content (AvgIpc) is 2.48. The van der Waals surface area contributed by atoms with Crippen molar-refractivity contribution in [3.8, 4) is 22.8 Å². The van der Waals surface area contributed by atoms with Crippen molar-refractivity contribution < 1.29 is 9.47 Å². The molecule has 6 nitrogen and oxygen atoms in total. The highest BCUT2D eigenvalue weighted by atomic mass is 16.5. The van der Waals surface area contributed by atoms with Gasteiger partial charge in [0.25, 0.3) is 5.56 Å². The van der Waals surface area contributed by atoms with E-state index in [-0.39, 0.29) is 11.6 Å². The van der Waals surface area contributed by atoms with Crippen molar-refractivity contribution in [1.82, 2.24) is 9.78 Å². The zero-order valence-electron chi connectivity index (χ0n) is 12.6. The second-order valence-electron chi connectivity index (χ2n) is 4.77. The highest BCUT2D eigenvalue weighted by Gasteiger charge is 2.13. The SMILES string of the molecule is COc1ccc(-c2cc(C(C)N)c(=O)n(C)n2)cc1OC. The summed E-state index contributed by atoms with van der Waals surface area (Å²) >= 11 is 0. The molecular weight excluding hydrogens is 270 g/mol. The number of hydrogen-bond donors (Lipinski definition) is 1. The molecule has 0 aliphatic heterocycles. The maximum absolute atomic E-state index is 12.0. The number of hydrogen-bond acceptors (Lipinski definition) is 5. The number of aromatic nitrogens is 2. The molecule has 112 valence electrons. The molecule has 0 aliphatic carbocycles. The first-order chi connectivity index (χ1) is 9.97. The fraction of sp³-hybridized carbons (Fsp3) is 0.333. The molecule has 0 spiro atoms. The molecule has 0 saturated heterocycles. The minimum atomic E-state index is -0.356. The van der Waals surface area contributed by atoms with E-state index in [0.717, 1.165) is 5.56 Å². The summed E-state index contributed by atoms with van der Waals surface area (Å²) in [5.41, 5.74) is 7.67. The predicted octanol–water partition coefficient (Wildman–Crippen LogP) is 1.48. The average molecular weight is 289 g/mol. The Hall–Kier alpha value is -2.34. The second kappa shape index (κ2) is 5.97. The molecule has 2 N–H and O–H groups in total. The van der Waals surface area contributed by atoms with Gasteiger partial charge in [-0.2, -0.15) is 5.10 Å². The second-order valence-corrected chi connectivity index (χ2v) is 4.77. The van der Waals surface area contributed by atoms with E-state index in [1.165, 1.54) is 4.68 Å². The van der Waals surface area contributed by atoms with Crippen LogP contribution < -0.4 is 20.8 Å². The minimum absolute atomic E-state index is 0.186. The van der Waals surface area contributed by atoms with Gasteiger partial charge in [0.1, 0.15) is 0 Å². The molecule has 0 amide bonds. The van der Waals surface area contributed by atoms with Crippen LogP contribution in [0.15, 0.2) is 29.1 Å². The quantitative estimate of drug-likeness (QED) is 0.922. The molecule has 0 fully saturated rings. The van der Waals surface area contributed by atoms with Gasteiger partial charge in [-0.1, -0.05) is 0 Å². The number of nitrogens with zero attached hydrogens (tertiary/aromatic N) is 2. The molecule has 21 heavy (non-hydrogen) atoms. The summed E-state index contributed by atoms with van der Waals surface area (Å²) in [5, 5.41) is 4.27. The Bertz CT molecular complexity index is 708. The number of ether oxygens (including phenoxy) is 2. The van der Waals surface area contributed by atoms with Crippen LogP contribution in [-0.4, -0.2) is 24.0 Å². The van der Waals surface area contributed by atoms with Crippen LogP contribution in [-0.2, 0) is 7.05 Å². The Morgan fingerprint density at radius 3 is 2.43 bits per heavy atom. The molecule has 6 heteroatoms. The summed E-state index contributed by atoms with van der Waals surface area (Å²) in [6.45, 7) is 1.77. The van der Waals surface area contributed by atoms with E-state index in [1.807, 2.05) is 12.1 Å². The molecule has 0 bridgehead atoms. The van der Waals surface area contributed by atoms with Crippen LogP contribution in [0.3, 0.4) is 0 Å². The summed E-state index contributed by atoms with van der Waals surface area (Å²) in [7, 11) is 4.76. The van der Waals surface area contributed by atoms with Gasteiger partial charge in [0, 0.05) is 24.2 Å². The molecule has 0 radical (unpaired) electrons. The Morgan fingerprint density at radius 1 is 1.19 bits per heavy atom. The van der Waals surface area contributed by atoms with Crippen molar-refractivity contribution in [1.29, 1.82) is 0 Å². The largest absolute Gasteiger partial charge is 0.493 e. The van der Waals surface area contributed by atoms with Crippen LogP contribution in [0.1, 0.15) is 18.5 Å². The summed E-state index contributed by atoms with van der Waals surface area (Å²) in [6, 6.07) is 6.84. The molecule has 1 aromatic carbocycles. The van der Waals surface area contributed by atoms with Gasteiger partial charge in [0.05, 0.1) is 19.9 Å². The first-order valence-corrected chi connectivity index (χ1v) is 6.54. The lowest BCUT2D eigenvalue weighted by Crippen LogP contribution is -2.27. The van der Waals surface area contributed by atoms with E-state index in [4.69, 9.17) is 15.2 Å². The van der Waals surface area contributed by atoms with Crippen molar-refractivity contribution in [2.75, 3.05) is 14.2 Å². The van der Waals surface area contributed by atoms with E-state index >= 15 is 0 Å². The Morgan fingerprint density at radius 2 is 1.86 bits per heavy atom. The van der Waals surface area contributed by atoms with Gasteiger partial charge in [-0.05, 0) is 31.2 Å². The van der Waals surface area contributed by atoms with Gasteiger partial charge in [-0.25, -0.2) is 4.68 Å². The third-order valence-electron chi connectivity index (χ3n) is 3.26. The van der Waals surface area contributed by atoms with Crippen LogP contribution in [0.2, 0.25) is 0 Å². The lowest BCUT2D eigenvalue weighted by molar-refractivity contribution is 0.355. The molecule has 1 heterocycles. The van der Waals surface area contributed by atoms with Crippen molar-refractivity contribution in [2.24, 2.45) is 12.8 Å². The van der Waals surface area contributed by atoms with E-state index in [0.29, 0.717) is 22.8 Å². The maximum atomic E-state index is 12.0. The highest BCUT2D eigenvalue weighted by molar-refractivity contribution is 5.64. The number of benzene rings is 1. The predicted molar refractivity (Wildman–Crippen MR) is 80.6 cm³/mol. The normalized spacial score (nSPS) is 12.0. The van der Waals surface area contributed by atoms with Crippen molar-refractivity contribution in [3.05, 3.63) is 40.2 Å². The fourth-order valence-electron chi connectivity index (χ4n) is 2.09. The van der Waals surface area contributed by atoms with Crippen LogP contribution >= 0.6 is 0 Å². The molecular formula is C15H19N3O3. The van der Waals surface area contributed by atoms with E-state index in [1.54, 1.807) is 40.3 Å². The van der Waals surface area contributed by atoms with Crippen molar-refractivity contribution in [3.63, 3.8) is 0 Å². The first-order valence-electron chi connectivity index (χ1n) is 6.54. The topological polar surface area (TPSA) is 79.4 Å². The molecule has 0 aliphatic rings. The summed E-state index contributed by atoms with van der Waals surface area (Å²) in [6.07, 6.45) is 0. The van der Waals surface area contributed by atoms with Gasteiger partial charge >= 0.3 is 0 Å². The Kier molecular flexibility index (Phi) is 4.28. The summed E-state index contributed by atoms with van der Waals surface area (Å²) in [4.78, 5) is 12.0. The molecule has 0 saturated carbocycles. The Balaban J connectivity index is 2.59. The summed E-state index contributed by atoms with van der Waals surface area (Å²) < 4.78 is 11.8. The third kappa shape index (κ3) is 2.90. The molecule has 1 aromatic heterocycles. The molecule has 2 aromatic rings. The van der Waals surface area contributed by atoms with E-state index in [2.05, 4.69) is 5.10 Å². The highest BCUT2D eigenvalue weighted by Crippen LogP contribution is 2.31. The van der Waals surface area contributed by atoms with Gasteiger partial charge in [0.2, 0.25) is 0 Å². The van der Waals surface area contributed by atoms with Crippen LogP contribution in [0.5, 0.6) is 11.5 Å². The van der Waals surface area contributed by atoms with Crippen LogP contribution in [0.4, 0.5) is 0 Å². The fourth-order valence-corrected chi connectivity index (χ4v) is 2.09. The lowest BCUT2D eigenvalue weighted by Gasteiger charge is -2.12.